The van der Waals surface area contributed by atoms with Gasteiger partial charge in [-0.05, 0) is 78.5 Å². The van der Waals surface area contributed by atoms with Gasteiger partial charge < -0.3 is 0 Å². The first-order valence-corrected chi connectivity index (χ1v) is 9.34. The Morgan fingerprint density at radius 1 is 0.828 bits per heavy atom. The zero-order chi connectivity index (χ0) is 21.2. The molecule has 0 aliphatic heterocycles. The van der Waals surface area contributed by atoms with Crippen molar-refractivity contribution in [3.05, 3.63) is 82.7 Å². The molecule has 0 atom stereocenters. The maximum atomic E-state index is 14.3. The molecular weight excluding hydrogens is 390 g/mol. The number of alkyl halides is 3. The number of hydrogen-bond donors (Lipinski definition) is 0. The van der Waals surface area contributed by atoms with Crippen molar-refractivity contribution in [2.75, 3.05) is 0 Å². The van der Waals surface area contributed by atoms with Gasteiger partial charge >= 0.3 is 6.18 Å². The van der Waals surface area contributed by atoms with Gasteiger partial charge in [0.25, 0.3) is 0 Å². The number of allylic oxidation sites excluding steroid dienone is 1. The van der Waals surface area contributed by atoms with Crippen molar-refractivity contribution < 1.29 is 26.3 Å². The van der Waals surface area contributed by atoms with Crippen molar-refractivity contribution in [2.45, 2.75) is 43.7 Å². The quantitative estimate of drug-likeness (QED) is 0.452. The van der Waals surface area contributed by atoms with Crippen LogP contribution in [0.4, 0.5) is 26.3 Å². The minimum absolute atomic E-state index is 0.0220. The second-order valence-electron chi connectivity index (χ2n) is 7.31. The average Bonchev–Trinajstić information content (AvgIpc) is 2.66. The van der Waals surface area contributed by atoms with Crippen LogP contribution in [0.5, 0.6) is 0 Å². The summed E-state index contributed by atoms with van der Waals surface area (Å²) < 4.78 is 79.5. The molecule has 0 heterocycles. The fourth-order valence-electron chi connectivity index (χ4n) is 3.92. The molecule has 0 spiro atoms. The highest BCUT2D eigenvalue weighted by Crippen LogP contribution is 2.42. The highest BCUT2D eigenvalue weighted by molar-refractivity contribution is 5.53. The number of benzene rings is 2. The number of hydrogen-bond acceptors (Lipinski definition) is 0. The summed E-state index contributed by atoms with van der Waals surface area (Å²) in [4.78, 5) is 0. The molecule has 0 radical (unpaired) electrons. The topological polar surface area (TPSA) is 0 Å². The Morgan fingerprint density at radius 2 is 1.41 bits per heavy atom. The largest absolute Gasteiger partial charge is 0.409 e. The lowest BCUT2D eigenvalue weighted by molar-refractivity contribution is -0.0790. The molecule has 0 saturated heterocycles. The Hall–Kier alpha value is -2.50. The molecule has 0 aromatic heterocycles. The molecule has 0 unspecified atom stereocenters. The zero-order valence-electron chi connectivity index (χ0n) is 15.6. The molecule has 0 N–H and O–H groups in total. The van der Waals surface area contributed by atoms with E-state index in [9.17, 15) is 26.3 Å². The Morgan fingerprint density at radius 3 is 1.93 bits per heavy atom. The van der Waals surface area contributed by atoms with E-state index >= 15 is 0 Å². The summed E-state index contributed by atoms with van der Waals surface area (Å²) >= 11 is 0. The van der Waals surface area contributed by atoms with Crippen molar-refractivity contribution in [1.29, 1.82) is 0 Å². The summed E-state index contributed by atoms with van der Waals surface area (Å²) in [5, 5.41) is 0. The van der Waals surface area contributed by atoms with Crippen LogP contribution in [0, 0.1) is 17.5 Å². The van der Waals surface area contributed by atoms with Crippen LogP contribution in [-0.4, -0.2) is 6.18 Å². The van der Waals surface area contributed by atoms with Crippen LogP contribution in [0.25, 0.3) is 12.2 Å². The van der Waals surface area contributed by atoms with Gasteiger partial charge in [0.1, 0.15) is 17.5 Å². The SMILES string of the molecule is C=Cc1ccc(C2CCC(c3cc(F)c(/C=C/C(F)(F)F)c(F)c3)CC2)c(F)c1. The standard InChI is InChI=1S/C23H20F6/c1-2-14-3-8-18(20(24)11-14)16-6-4-15(5-7-16)17-12-21(25)19(22(26)13-17)9-10-23(27,28)29/h2-3,8-13,15-16H,1,4-7H2/b10-9+. The van der Waals surface area contributed by atoms with Crippen LogP contribution in [0.3, 0.4) is 0 Å². The summed E-state index contributed by atoms with van der Waals surface area (Å²) in [6.45, 7) is 3.61. The first-order chi connectivity index (χ1) is 13.7. The maximum Gasteiger partial charge on any atom is 0.409 e. The van der Waals surface area contributed by atoms with E-state index in [0.717, 1.165) is 12.1 Å². The van der Waals surface area contributed by atoms with Crippen LogP contribution >= 0.6 is 0 Å². The lowest BCUT2D eigenvalue weighted by atomic mass is 9.76. The predicted molar refractivity (Wildman–Crippen MR) is 102 cm³/mol. The van der Waals surface area contributed by atoms with Gasteiger partial charge in [0.15, 0.2) is 0 Å². The monoisotopic (exact) mass is 410 g/mol. The fourth-order valence-corrected chi connectivity index (χ4v) is 3.92. The first-order valence-electron chi connectivity index (χ1n) is 9.34. The molecule has 154 valence electrons. The predicted octanol–water partition coefficient (Wildman–Crippen LogP) is 7.76. The van der Waals surface area contributed by atoms with E-state index in [2.05, 4.69) is 6.58 Å². The molecule has 2 aromatic carbocycles. The minimum atomic E-state index is -4.64. The maximum absolute atomic E-state index is 14.3. The molecule has 1 saturated carbocycles. The molecule has 6 heteroatoms. The van der Waals surface area contributed by atoms with Crippen LogP contribution in [0.15, 0.2) is 43.0 Å². The Bertz CT molecular complexity index is 894. The third-order valence-electron chi connectivity index (χ3n) is 5.44. The van der Waals surface area contributed by atoms with Crippen LogP contribution < -0.4 is 0 Å². The summed E-state index contributed by atoms with van der Waals surface area (Å²) in [7, 11) is 0. The Balaban J connectivity index is 1.72. The first kappa shape index (κ1) is 21.2. The average molecular weight is 410 g/mol. The van der Waals surface area contributed by atoms with Crippen LogP contribution in [-0.2, 0) is 0 Å². The second kappa shape index (κ2) is 8.47. The van der Waals surface area contributed by atoms with Crippen molar-refractivity contribution in [2.24, 2.45) is 0 Å². The molecule has 2 aromatic rings. The van der Waals surface area contributed by atoms with Gasteiger partial charge in [-0.2, -0.15) is 13.2 Å². The van der Waals surface area contributed by atoms with Gasteiger partial charge in [-0.3, -0.25) is 0 Å². The van der Waals surface area contributed by atoms with E-state index in [0.29, 0.717) is 48.4 Å². The Kier molecular flexibility index (Phi) is 6.20. The molecule has 29 heavy (non-hydrogen) atoms. The molecule has 0 nitrogen and oxygen atoms in total. The minimum Gasteiger partial charge on any atom is -0.207 e. The van der Waals surface area contributed by atoms with E-state index in [1.807, 2.05) is 0 Å². The van der Waals surface area contributed by atoms with Crippen molar-refractivity contribution in [1.82, 2.24) is 0 Å². The van der Waals surface area contributed by atoms with E-state index in [4.69, 9.17) is 0 Å². The molecule has 3 rings (SSSR count). The second-order valence-corrected chi connectivity index (χ2v) is 7.31. The summed E-state index contributed by atoms with van der Waals surface area (Å²) in [5.41, 5.74) is 1.04. The van der Waals surface area contributed by atoms with Gasteiger partial charge in [0, 0.05) is 11.6 Å². The van der Waals surface area contributed by atoms with Crippen molar-refractivity contribution >= 4 is 12.2 Å². The highest BCUT2D eigenvalue weighted by atomic mass is 19.4. The van der Waals surface area contributed by atoms with Gasteiger partial charge in [0.05, 0.1) is 0 Å². The molecule has 1 aliphatic rings. The Labute approximate surface area is 165 Å². The third kappa shape index (κ3) is 5.11. The molecule has 1 fully saturated rings. The van der Waals surface area contributed by atoms with Gasteiger partial charge in [-0.25, -0.2) is 13.2 Å². The van der Waals surface area contributed by atoms with Crippen LogP contribution in [0.1, 0.15) is 59.8 Å². The number of halogens is 6. The van der Waals surface area contributed by atoms with Gasteiger partial charge in [0.2, 0.25) is 0 Å². The highest BCUT2D eigenvalue weighted by Gasteiger charge is 2.27. The molecule has 0 bridgehead atoms. The van der Waals surface area contributed by atoms with E-state index < -0.39 is 23.4 Å². The van der Waals surface area contributed by atoms with E-state index in [1.165, 1.54) is 6.07 Å². The van der Waals surface area contributed by atoms with Gasteiger partial charge in [-0.1, -0.05) is 24.8 Å². The van der Waals surface area contributed by atoms with Gasteiger partial charge in [-0.15, -0.1) is 0 Å². The smallest absolute Gasteiger partial charge is 0.207 e. The van der Waals surface area contributed by atoms with Crippen LogP contribution in [0.2, 0.25) is 0 Å². The number of rotatable bonds is 4. The summed E-state index contributed by atoms with van der Waals surface area (Å²) in [5.74, 6) is -2.42. The van der Waals surface area contributed by atoms with Crippen molar-refractivity contribution in [3.63, 3.8) is 0 Å². The van der Waals surface area contributed by atoms with Crippen molar-refractivity contribution in [3.8, 4) is 0 Å². The zero-order valence-corrected chi connectivity index (χ0v) is 15.6. The van der Waals surface area contributed by atoms with E-state index in [-0.39, 0.29) is 23.7 Å². The normalized spacial score (nSPS) is 20.2. The third-order valence-corrected chi connectivity index (χ3v) is 5.44. The molecular formula is C23H20F6. The summed E-state index contributed by atoms with van der Waals surface area (Å²) in [6, 6.07) is 7.19. The molecule has 1 aliphatic carbocycles. The fraction of sp³-hybridized carbons (Fsp3) is 0.304. The lowest BCUT2D eigenvalue weighted by Gasteiger charge is -2.29. The lowest BCUT2D eigenvalue weighted by Crippen LogP contribution is -2.14. The molecule has 0 amide bonds. The summed E-state index contributed by atoms with van der Waals surface area (Å²) in [6.07, 6.45) is -0.308. The van der Waals surface area contributed by atoms with E-state index in [1.54, 1.807) is 18.2 Å².